The van der Waals surface area contributed by atoms with Crippen LogP contribution >= 0.6 is 0 Å². The maximum absolute atomic E-state index is 12.3. The number of nitrogens with one attached hydrogen (secondary N) is 2. The molecule has 41 heavy (non-hydrogen) atoms. The number of amides is 4. The van der Waals surface area contributed by atoms with Crippen LogP contribution in [0.5, 0.6) is 0 Å². The molecule has 0 spiro atoms. The van der Waals surface area contributed by atoms with E-state index in [1.807, 2.05) is 6.08 Å². The van der Waals surface area contributed by atoms with Crippen LogP contribution in [0.2, 0.25) is 0 Å². The third kappa shape index (κ3) is 5.90. The third-order valence-electron chi connectivity index (χ3n) is 10.9. The molecule has 2 heterocycles. The number of aliphatic hydroxyl groups is 2. The molecule has 0 aromatic heterocycles. The van der Waals surface area contributed by atoms with Gasteiger partial charge in [0.05, 0.1) is 0 Å². The predicted molar refractivity (Wildman–Crippen MR) is 150 cm³/mol. The summed E-state index contributed by atoms with van der Waals surface area (Å²) in [7, 11) is 0. The first-order chi connectivity index (χ1) is 19.8. The minimum atomic E-state index is -1.33. The molecule has 7 aliphatic rings. The maximum atomic E-state index is 12.3. The van der Waals surface area contributed by atoms with E-state index in [-0.39, 0.29) is 25.4 Å². The van der Waals surface area contributed by atoms with E-state index in [4.69, 9.17) is 4.74 Å². The van der Waals surface area contributed by atoms with Crippen LogP contribution in [-0.2, 0) is 14.3 Å². The van der Waals surface area contributed by atoms with Gasteiger partial charge in [0.1, 0.15) is 18.3 Å². The average molecular weight is 566 g/mol. The number of ether oxygens (including phenoxy) is 1. The lowest BCUT2D eigenvalue weighted by molar-refractivity contribution is -0.125. The molecule has 0 aromatic rings. The first kappa shape index (κ1) is 27.3. The Labute approximate surface area is 241 Å². The Hall–Kier alpha value is -2.49. The van der Waals surface area contributed by atoms with Crippen molar-refractivity contribution in [2.75, 3.05) is 13.1 Å². The third-order valence-corrected chi connectivity index (χ3v) is 10.9. The lowest BCUT2D eigenvalue weighted by Crippen LogP contribution is -2.56. The molecule has 4 amide bonds. The van der Waals surface area contributed by atoms with E-state index in [1.54, 1.807) is 6.08 Å². The normalized spacial score (nSPS) is 48.2. The van der Waals surface area contributed by atoms with Crippen molar-refractivity contribution in [1.29, 1.82) is 0 Å². The zero-order valence-electron chi connectivity index (χ0n) is 23.7. The zero-order chi connectivity index (χ0) is 28.4. The fourth-order valence-electron chi connectivity index (χ4n) is 7.83. The van der Waals surface area contributed by atoms with Crippen molar-refractivity contribution in [2.24, 2.45) is 59.2 Å². The summed E-state index contributed by atoms with van der Waals surface area (Å²) in [6, 6.07) is -0.665. The van der Waals surface area contributed by atoms with E-state index >= 15 is 0 Å². The minimum Gasteiger partial charge on any atom is -0.387 e. The van der Waals surface area contributed by atoms with Gasteiger partial charge >= 0.3 is 6.03 Å². The summed E-state index contributed by atoms with van der Waals surface area (Å²) in [4.78, 5) is 36.9. The highest BCUT2D eigenvalue weighted by molar-refractivity contribution is 5.96. The van der Waals surface area contributed by atoms with Crippen LogP contribution < -0.4 is 10.6 Å². The lowest BCUT2D eigenvalue weighted by Gasteiger charge is -2.32. The molecule has 2 aliphatic heterocycles. The number of carbonyl (C=O) groups excluding carboxylic acids is 3. The highest BCUT2D eigenvalue weighted by atomic mass is 16.6. The number of carbonyl (C=O) groups is 3. The Bertz CT molecular complexity index is 1170. The highest BCUT2D eigenvalue weighted by Crippen LogP contribution is 2.70. The molecular weight excluding hydrogens is 522 g/mol. The summed E-state index contributed by atoms with van der Waals surface area (Å²) in [6.45, 7) is 2.44. The molecular formula is C32H43N3O6. The van der Waals surface area contributed by atoms with Gasteiger partial charge in [-0.15, -0.1) is 0 Å². The number of hydrogen-bond acceptors (Lipinski definition) is 6. The number of nitrogens with zero attached hydrogens (tertiary/aromatic N) is 1. The van der Waals surface area contributed by atoms with Gasteiger partial charge in [0.25, 0.3) is 0 Å². The second kappa shape index (κ2) is 10.7. The molecule has 0 radical (unpaired) electrons. The molecule has 222 valence electrons. The number of urea groups is 1. The van der Waals surface area contributed by atoms with E-state index in [0.717, 1.165) is 53.3 Å². The molecule has 0 bridgehead atoms. The molecule has 2 unspecified atom stereocenters. The molecule has 5 saturated carbocycles. The lowest BCUT2D eigenvalue weighted by atomic mass is 10.1. The summed E-state index contributed by atoms with van der Waals surface area (Å²) in [5, 5.41) is 25.6. The van der Waals surface area contributed by atoms with Gasteiger partial charge in [-0.1, -0.05) is 37.3 Å². The Balaban J connectivity index is 0.787. The highest BCUT2D eigenvalue weighted by Gasteiger charge is 2.63. The van der Waals surface area contributed by atoms with Gasteiger partial charge in [-0.25, -0.2) is 4.79 Å². The van der Waals surface area contributed by atoms with Crippen LogP contribution in [0.1, 0.15) is 45.4 Å². The topological polar surface area (TPSA) is 128 Å². The summed E-state index contributed by atoms with van der Waals surface area (Å²) in [5.74, 6) is 8.29. The Kier molecular flexibility index (Phi) is 7.11. The average Bonchev–Trinajstić information content (AvgIpc) is 3.72. The molecule has 14 atom stereocenters. The number of hydrogen-bond donors (Lipinski definition) is 4. The maximum Gasteiger partial charge on any atom is 0.326 e. The van der Waals surface area contributed by atoms with Gasteiger partial charge in [-0.05, 0) is 91.3 Å². The van der Waals surface area contributed by atoms with Gasteiger partial charge in [0.2, 0.25) is 11.8 Å². The van der Waals surface area contributed by atoms with Gasteiger partial charge < -0.3 is 20.3 Å². The van der Waals surface area contributed by atoms with Gasteiger partial charge in [0, 0.05) is 25.6 Å². The van der Waals surface area contributed by atoms with E-state index in [1.165, 1.54) is 43.1 Å². The number of allylic oxidation sites excluding steroid dienone is 5. The van der Waals surface area contributed by atoms with Gasteiger partial charge in [-0.2, -0.15) is 0 Å². The predicted octanol–water partition coefficient (Wildman–Crippen LogP) is 2.36. The van der Waals surface area contributed by atoms with Gasteiger partial charge in [0.15, 0.2) is 6.23 Å². The number of rotatable bonds is 11. The summed E-state index contributed by atoms with van der Waals surface area (Å²) in [6.07, 6.45) is 15.0. The Morgan fingerprint density at radius 2 is 1.54 bits per heavy atom. The van der Waals surface area contributed by atoms with Crippen LogP contribution in [0, 0.1) is 59.2 Å². The minimum absolute atomic E-state index is 0.0104. The Morgan fingerprint density at radius 3 is 2.20 bits per heavy atom. The summed E-state index contributed by atoms with van der Waals surface area (Å²) in [5.41, 5.74) is 0. The largest absolute Gasteiger partial charge is 0.387 e. The van der Waals surface area contributed by atoms with Crippen LogP contribution in [0.15, 0.2) is 36.5 Å². The van der Waals surface area contributed by atoms with Crippen molar-refractivity contribution in [3.8, 4) is 0 Å². The molecule has 0 aromatic carbocycles. The molecule has 7 rings (SSSR count). The van der Waals surface area contributed by atoms with Gasteiger partial charge in [-0.3, -0.25) is 19.8 Å². The van der Waals surface area contributed by atoms with E-state index in [9.17, 15) is 24.6 Å². The fourth-order valence-corrected chi connectivity index (χ4v) is 7.83. The first-order valence-corrected chi connectivity index (χ1v) is 15.7. The van der Waals surface area contributed by atoms with Crippen molar-refractivity contribution < 1.29 is 29.3 Å². The van der Waals surface area contributed by atoms with E-state index in [2.05, 4.69) is 35.8 Å². The Morgan fingerprint density at radius 1 is 0.902 bits per heavy atom. The van der Waals surface area contributed by atoms with Crippen LogP contribution in [0.25, 0.3) is 0 Å². The summed E-state index contributed by atoms with van der Waals surface area (Å²) >= 11 is 0. The smallest absolute Gasteiger partial charge is 0.326 e. The zero-order valence-corrected chi connectivity index (χ0v) is 23.7. The van der Waals surface area contributed by atoms with Crippen molar-refractivity contribution in [3.63, 3.8) is 0 Å². The van der Waals surface area contributed by atoms with E-state index < -0.39 is 36.5 Å². The number of aliphatic hydroxyl groups excluding tert-OH is 2. The standard InChI is InChI=1S/C32H43N3O6/c1-16-10-17(16)6-7-19-12-21(19)23-14-25(23)24-13-22(24)20-11-18(20)4-2-3-5-27(36)33-15-26-29(38)30(39)31(41-26)35-9-8-28(37)34-32(35)40/h2-7,16-26,29-31,38-39H,8-15H2,1H3,(H,33,36)(H,34,37,40)/b4-2+,5-3+,7-6+/t16-,17-,18-,19-,20-,21-,22+,23+,24-,25-,26-,29?,30?,31-/m1/s1. The molecule has 9 nitrogen and oxygen atoms in total. The van der Waals surface area contributed by atoms with E-state index in [0.29, 0.717) is 5.92 Å². The first-order valence-electron chi connectivity index (χ1n) is 15.7. The van der Waals surface area contributed by atoms with Crippen molar-refractivity contribution in [1.82, 2.24) is 15.5 Å². The molecule has 4 N–H and O–H groups in total. The fraction of sp³-hybridized carbons (Fsp3) is 0.719. The van der Waals surface area contributed by atoms with Crippen LogP contribution in [0.3, 0.4) is 0 Å². The van der Waals surface area contributed by atoms with Crippen molar-refractivity contribution in [3.05, 3.63) is 36.5 Å². The van der Waals surface area contributed by atoms with Crippen molar-refractivity contribution >= 4 is 17.8 Å². The SMILES string of the molecule is C[C@@H]1C[C@H]1/C=C/[C@@H]1C[C@H]1[C@@H]1C[C@H]1[C@@H]1C[C@H]1[C@@H]1C[C@H]1/C=C/C=C/C(=O)NC[C@H]1O[C@@H](N2CCC(=O)NC2=O)C(O)C1O. The molecule has 9 heteroatoms. The van der Waals surface area contributed by atoms with Crippen LogP contribution in [0.4, 0.5) is 4.79 Å². The molecule has 2 saturated heterocycles. The second-order valence-electron chi connectivity index (χ2n) is 13.8. The molecule has 5 aliphatic carbocycles. The number of imide groups is 1. The second-order valence-corrected chi connectivity index (χ2v) is 13.8. The van der Waals surface area contributed by atoms with Crippen molar-refractivity contribution in [2.45, 2.75) is 70.0 Å². The van der Waals surface area contributed by atoms with Crippen LogP contribution in [-0.4, -0.2) is 70.6 Å². The monoisotopic (exact) mass is 565 g/mol. The summed E-state index contributed by atoms with van der Waals surface area (Å²) < 4.78 is 5.67. The quantitative estimate of drug-likeness (QED) is 0.173. The molecule has 7 fully saturated rings.